The Kier molecular flexibility index (Phi) is 20.9. The Morgan fingerprint density at radius 3 is 2.49 bits per heavy atom. The summed E-state index contributed by atoms with van der Waals surface area (Å²) in [5.74, 6) is 1.61. The zero-order valence-corrected chi connectivity index (χ0v) is 46.5. The fourth-order valence-electron chi connectivity index (χ4n) is 11.6. The van der Waals surface area contributed by atoms with E-state index in [-0.39, 0.29) is 41.9 Å². The van der Waals surface area contributed by atoms with Gasteiger partial charge in [-0.2, -0.15) is 0 Å². The van der Waals surface area contributed by atoms with Crippen molar-refractivity contribution in [3.63, 3.8) is 0 Å². The van der Waals surface area contributed by atoms with Crippen LogP contribution in [-0.4, -0.2) is 113 Å². The molecule has 2 amide bonds. The first-order valence-corrected chi connectivity index (χ1v) is 28.2. The zero-order valence-electron chi connectivity index (χ0n) is 45.7. The summed E-state index contributed by atoms with van der Waals surface area (Å²) in [6.45, 7) is 32.5. The Hall–Kier alpha value is -4.63. The molecular formula is C58H88N8O5S. The number of carbonyl (C=O) groups is 3. The highest BCUT2D eigenvalue weighted by Gasteiger charge is 2.41. The number of nitrogens with zero attached hydrogens (tertiary/aromatic N) is 6. The van der Waals surface area contributed by atoms with Gasteiger partial charge in [-0.1, -0.05) is 74.0 Å². The number of benzene rings is 1. The van der Waals surface area contributed by atoms with Gasteiger partial charge in [0.25, 0.3) is 12.4 Å². The van der Waals surface area contributed by atoms with E-state index in [0.717, 1.165) is 140 Å². The lowest BCUT2D eigenvalue weighted by molar-refractivity contribution is -0.141. The number of aromatic nitrogens is 3. The molecule has 5 unspecified atom stereocenters. The number of pyridine rings is 1. The Balaban J connectivity index is 0.00000418. The quantitative estimate of drug-likeness (QED) is 0.0654. The van der Waals surface area contributed by atoms with Crippen LogP contribution < -0.4 is 10.7 Å². The second-order valence-electron chi connectivity index (χ2n) is 21.6. The summed E-state index contributed by atoms with van der Waals surface area (Å²) in [6, 6.07) is 9.57. The standard InChI is InChI=1S/C56H82N8O5S.C2H6/c1-11-61(39(6)38(5)28-37(3)4)32-41-23-27-62(33-41)52(42-18-13-14-19-42)54(66)60-47(55(67)64-26-16-15-25-58-64)30-50-59-48(34-70-50)43-21-22-49-45(29-43)46(31-56(8,9)35-69-36-65)53(63(49)12-2)44-20-17-24-57-51(44)40(7)68-10;1-2/h17,20-22,24,29,34,36-38,40-42,47,52,58H,6,11-16,18-19,23,25-28,30-33,35H2,1-5,7-10H3,(H,60,66);1-2H3. The molecule has 0 radical (unpaired) electrons. The van der Waals surface area contributed by atoms with E-state index < -0.39 is 6.04 Å². The number of rotatable bonds is 24. The van der Waals surface area contributed by atoms with Crippen LogP contribution in [0.2, 0.25) is 0 Å². The van der Waals surface area contributed by atoms with Crippen molar-refractivity contribution in [1.82, 2.24) is 40.1 Å². The fraction of sp³-hybridized carbons (Fsp3) is 0.638. The number of likely N-dealkylation sites (tertiary alicyclic amines) is 1. The van der Waals surface area contributed by atoms with Crippen molar-refractivity contribution in [3.8, 4) is 22.5 Å². The lowest BCUT2D eigenvalue weighted by Gasteiger charge is -2.35. The number of ether oxygens (including phenoxy) is 2. The van der Waals surface area contributed by atoms with Gasteiger partial charge in [0.1, 0.15) is 6.04 Å². The summed E-state index contributed by atoms with van der Waals surface area (Å²) in [4.78, 5) is 55.8. The molecule has 396 valence electrons. The first-order valence-electron chi connectivity index (χ1n) is 27.3. The summed E-state index contributed by atoms with van der Waals surface area (Å²) in [6.07, 6.45) is 10.9. The van der Waals surface area contributed by atoms with E-state index in [2.05, 4.69) is 110 Å². The maximum atomic E-state index is 14.9. The molecule has 13 nitrogen and oxygen atoms in total. The first-order chi connectivity index (χ1) is 34.7. The van der Waals surface area contributed by atoms with Crippen LogP contribution in [-0.2, 0) is 43.2 Å². The van der Waals surface area contributed by atoms with E-state index in [1.165, 1.54) is 17.0 Å². The third-order valence-corrected chi connectivity index (χ3v) is 16.1. The molecule has 0 spiro atoms. The number of carbonyl (C=O) groups excluding carboxylic acids is 3. The van der Waals surface area contributed by atoms with Gasteiger partial charge in [0, 0.05) is 97.5 Å². The molecule has 3 fully saturated rings. The fourth-order valence-corrected chi connectivity index (χ4v) is 12.5. The molecule has 5 atom stereocenters. The second kappa shape index (κ2) is 26.5. The molecule has 2 aliphatic heterocycles. The number of fused-ring (bicyclic) bond motifs is 1. The minimum atomic E-state index is -0.769. The predicted molar refractivity (Wildman–Crippen MR) is 293 cm³/mol. The average molecular weight is 1010 g/mol. The number of nitrogens with one attached hydrogen (secondary N) is 2. The Bertz CT molecular complexity index is 2400. The number of hydrazine groups is 1. The largest absolute Gasteiger partial charge is 0.467 e. The molecule has 3 aliphatic rings. The van der Waals surface area contributed by atoms with E-state index >= 15 is 0 Å². The first kappa shape index (κ1) is 56.7. The second-order valence-corrected chi connectivity index (χ2v) is 22.5. The van der Waals surface area contributed by atoms with Crippen molar-refractivity contribution in [3.05, 3.63) is 70.4 Å². The number of allylic oxidation sites excluding steroid dienone is 1. The Labute approximate surface area is 435 Å². The van der Waals surface area contributed by atoms with Crippen LogP contribution in [0.1, 0.15) is 143 Å². The highest BCUT2D eigenvalue weighted by Crippen LogP contribution is 2.42. The lowest BCUT2D eigenvalue weighted by atomic mass is 9.84. The Morgan fingerprint density at radius 2 is 1.82 bits per heavy atom. The van der Waals surface area contributed by atoms with Gasteiger partial charge in [0.2, 0.25) is 5.91 Å². The highest BCUT2D eigenvalue weighted by molar-refractivity contribution is 7.10. The molecular weight excluding hydrogens is 921 g/mol. The minimum Gasteiger partial charge on any atom is -0.467 e. The smallest absolute Gasteiger partial charge is 0.293 e. The van der Waals surface area contributed by atoms with Gasteiger partial charge in [-0.05, 0) is 126 Å². The summed E-state index contributed by atoms with van der Waals surface area (Å²) >= 11 is 1.53. The third kappa shape index (κ3) is 13.7. The van der Waals surface area contributed by atoms with E-state index in [4.69, 9.17) is 19.4 Å². The summed E-state index contributed by atoms with van der Waals surface area (Å²) < 4.78 is 13.5. The molecule has 7 rings (SSSR count). The molecule has 1 saturated carbocycles. The van der Waals surface area contributed by atoms with Crippen molar-refractivity contribution in [1.29, 1.82) is 0 Å². The molecule has 5 heterocycles. The molecule has 1 aliphatic carbocycles. The molecule has 72 heavy (non-hydrogen) atoms. The molecule has 2 saturated heterocycles. The van der Waals surface area contributed by atoms with Crippen LogP contribution in [0, 0.1) is 29.1 Å². The van der Waals surface area contributed by atoms with Gasteiger partial charge in [-0.15, -0.1) is 11.3 Å². The number of amides is 2. The van der Waals surface area contributed by atoms with Crippen molar-refractivity contribution >= 4 is 40.5 Å². The number of hydrogen-bond donors (Lipinski definition) is 2. The van der Waals surface area contributed by atoms with Crippen molar-refractivity contribution in [2.24, 2.45) is 29.1 Å². The van der Waals surface area contributed by atoms with Crippen molar-refractivity contribution in [2.45, 2.75) is 158 Å². The number of hydrogen-bond acceptors (Lipinski definition) is 11. The SMILES string of the molecule is C=C(C(C)CC(C)C)N(CC)CC1CCN(C(C(=O)NC(Cc2nc(-c3ccc4c(c3)c(CC(C)(C)COC=O)c(-c3cccnc3C(C)OC)n4CC)cs2)C(=O)N2CCCCN2)C2CCCC2)C1.CC. The number of aryl methyl sites for hydroxylation is 1. The molecule has 4 aromatic rings. The lowest BCUT2D eigenvalue weighted by Crippen LogP contribution is -2.59. The minimum absolute atomic E-state index is 0.0330. The van der Waals surface area contributed by atoms with Crippen LogP contribution in [0.3, 0.4) is 0 Å². The highest BCUT2D eigenvalue weighted by atomic mass is 32.1. The summed E-state index contributed by atoms with van der Waals surface area (Å²) in [7, 11) is 1.70. The maximum absolute atomic E-state index is 14.9. The maximum Gasteiger partial charge on any atom is 0.293 e. The molecule has 0 bridgehead atoms. The van der Waals surface area contributed by atoms with Crippen LogP contribution in [0.25, 0.3) is 33.4 Å². The van der Waals surface area contributed by atoms with Crippen molar-refractivity contribution in [2.75, 3.05) is 53.0 Å². The van der Waals surface area contributed by atoms with Gasteiger partial charge in [0.05, 0.1) is 40.8 Å². The summed E-state index contributed by atoms with van der Waals surface area (Å²) in [5.41, 5.74) is 11.1. The zero-order chi connectivity index (χ0) is 52.1. The average Bonchev–Trinajstić information content (AvgIpc) is 4.23. The van der Waals surface area contributed by atoms with E-state index in [0.29, 0.717) is 43.6 Å². The van der Waals surface area contributed by atoms with Crippen LogP contribution in [0.4, 0.5) is 0 Å². The Morgan fingerprint density at radius 1 is 1.06 bits per heavy atom. The molecule has 1 aromatic carbocycles. The van der Waals surface area contributed by atoms with E-state index in [1.807, 2.05) is 33.0 Å². The van der Waals surface area contributed by atoms with Gasteiger partial charge in [-0.25, -0.2) is 10.4 Å². The topological polar surface area (TPSA) is 134 Å². The predicted octanol–water partition coefficient (Wildman–Crippen LogP) is 10.9. The number of thiazole rings is 1. The molecule has 3 aromatic heterocycles. The van der Waals surface area contributed by atoms with Gasteiger partial charge in [-0.3, -0.25) is 29.3 Å². The summed E-state index contributed by atoms with van der Waals surface area (Å²) in [5, 5.41) is 9.06. The van der Waals surface area contributed by atoms with E-state index in [1.54, 1.807) is 12.1 Å². The van der Waals surface area contributed by atoms with Gasteiger partial charge < -0.3 is 24.3 Å². The van der Waals surface area contributed by atoms with Gasteiger partial charge >= 0.3 is 0 Å². The monoisotopic (exact) mass is 1010 g/mol. The normalized spacial score (nSPS) is 18.4. The third-order valence-electron chi connectivity index (χ3n) is 15.2. The van der Waals surface area contributed by atoms with Crippen LogP contribution >= 0.6 is 11.3 Å². The van der Waals surface area contributed by atoms with Crippen LogP contribution in [0.5, 0.6) is 0 Å². The molecule has 2 N–H and O–H groups in total. The van der Waals surface area contributed by atoms with E-state index in [9.17, 15) is 14.4 Å². The molecule has 14 heteroatoms. The van der Waals surface area contributed by atoms with Crippen LogP contribution in [0.15, 0.2) is 54.2 Å². The van der Waals surface area contributed by atoms with Crippen molar-refractivity contribution < 1.29 is 23.9 Å². The number of methoxy groups -OCH3 is 1. The van der Waals surface area contributed by atoms with Gasteiger partial charge in [0.15, 0.2) is 0 Å².